The zero-order valence-corrected chi connectivity index (χ0v) is 9.89. The summed E-state index contributed by atoms with van der Waals surface area (Å²) >= 11 is 7.28. The molecule has 0 saturated heterocycles. The maximum atomic E-state index is 11.2. The standard InChI is InChI=1S/C11H9ClN2OS/c12-9-10(15)13-7-14-11(9)16-6-8-4-2-1-3-5-8/h1-5,7H,6H2,(H,13,14,15). The summed E-state index contributed by atoms with van der Waals surface area (Å²) in [7, 11) is 0. The van der Waals surface area contributed by atoms with E-state index in [-0.39, 0.29) is 10.6 Å². The third kappa shape index (κ3) is 2.65. The predicted octanol–water partition coefficient (Wildman–Crippen LogP) is 2.72. The van der Waals surface area contributed by atoms with Crippen LogP contribution in [0.25, 0.3) is 0 Å². The molecule has 1 aromatic heterocycles. The first kappa shape index (κ1) is 11.2. The summed E-state index contributed by atoms with van der Waals surface area (Å²) in [5.74, 6) is 0.747. The van der Waals surface area contributed by atoms with Crippen molar-refractivity contribution in [1.82, 2.24) is 9.97 Å². The highest BCUT2D eigenvalue weighted by Crippen LogP contribution is 2.24. The quantitative estimate of drug-likeness (QED) is 0.675. The molecule has 82 valence electrons. The van der Waals surface area contributed by atoms with Gasteiger partial charge in [0.2, 0.25) is 0 Å². The molecule has 0 radical (unpaired) electrons. The molecule has 1 aromatic carbocycles. The average molecular weight is 253 g/mol. The topological polar surface area (TPSA) is 45.8 Å². The summed E-state index contributed by atoms with van der Waals surface area (Å²) < 4.78 is 0. The van der Waals surface area contributed by atoms with Gasteiger partial charge in [-0.2, -0.15) is 0 Å². The minimum atomic E-state index is -0.299. The van der Waals surface area contributed by atoms with E-state index in [9.17, 15) is 4.79 Å². The van der Waals surface area contributed by atoms with Crippen LogP contribution in [-0.2, 0) is 5.75 Å². The second-order valence-corrected chi connectivity index (χ2v) is 4.47. The van der Waals surface area contributed by atoms with Gasteiger partial charge in [0.05, 0.1) is 6.33 Å². The summed E-state index contributed by atoms with van der Waals surface area (Å²) in [4.78, 5) is 17.7. The van der Waals surface area contributed by atoms with Crippen LogP contribution in [0.4, 0.5) is 0 Å². The predicted molar refractivity (Wildman–Crippen MR) is 65.9 cm³/mol. The first-order chi connectivity index (χ1) is 7.77. The van der Waals surface area contributed by atoms with Gasteiger partial charge in [-0.3, -0.25) is 4.79 Å². The number of thioether (sulfide) groups is 1. The van der Waals surface area contributed by atoms with Gasteiger partial charge in [-0.05, 0) is 5.56 Å². The van der Waals surface area contributed by atoms with Gasteiger partial charge in [0.1, 0.15) is 10.0 Å². The Morgan fingerprint density at radius 3 is 2.81 bits per heavy atom. The zero-order valence-electron chi connectivity index (χ0n) is 8.31. The van der Waals surface area contributed by atoms with Crippen molar-refractivity contribution >= 4 is 23.4 Å². The number of aromatic nitrogens is 2. The van der Waals surface area contributed by atoms with Crippen molar-refractivity contribution in [2.24, 2.45) is 0 Å². The Morgan fingerprint density at radius 1 is 1.31 bits per heavy atom. The van der Waals surface area contributed by atoms with E-state index in [1.165, 1.54) is 23.7 Å². The molecule has 1 N–H and O–H groups in total. The second kappa shape index (κ2) is 5.18. The molecule has 0 fully saturated rings. The van der Waals surface area contributed by atoms with Gasteiger partial charge < -0.3 is 4.98 Å². The van der Waals surface area contributed by atoms with Gasteiger partial charge in [-0.25, -0.2) is 4.98 Å². The Morgan fingerprint density at radius 2 is 2.06 bits per heavy atom. The number of hydrogen-bond acceptors (Lipinski definition) is 3. The highest BCUT2D eigenvalue weighted by atomic mass is 35.5. The molecule has 1 heterocycles. The molecule has 0 unspecified atom stereocenters. The van der Waals surface area contributed by atoms with E-state index in [0.29, 0.717) is 5.03 Å². The molecule has 0 bridgehead atoms. The molecular formula is C11H9ClN2OS. The van der Waals surface area contributed by atoms with Gasteiger partial charge in [-0.15, -0.1) is 0 Å². The minimum Gasteiger partial charge on any atom is -0.312 e. The van der Waals surface area contributed by atoms with Crippen LogP contribution in [0.3, 0.4) is 0 Å². The van der Waals surface area contributed by atoms with Crippen LogP contribution in [0.1, 0.15) is 5.56 Å². The van der Waals surface area contributed by atoms with Gasteiger partial charge >= 0.3 is 0 Å². The SMILES string of the molecule is O=c1[nH]cnc(SCc2ccccc2)c1Cl. The Labute approximate surface area is 102 Å². The molecule has 0 aliphatic carbocycles. The molecule has 0 spiro atoms. The van der Waals surface area contributed by atoms with Crippen LogP contribution in [0.5, 0.6) is 0 Å². The van der Waals surface area contributed by atoms with E-state index < -0.39 is 0 Å². The van der Waals surface area contributed by atoms with E-state index in [0.717, 1.165) is 5.75 Å². The van der Waals surface area contributed by atoms with Crippen LogP contribution in [0.15, 0.2) is 46.5 Å². The monoisotopic (exact) mass is 252 g/mol. The number of halogens is 1. The van der Waals surface area contributed by atoms with E-state index in [2.05, 4.69) is 9.97 Å². The zero-order chi connectivity index (χ0) is 11.4. The lowest BCUT2D eigenvalue weighted by Crippen LogP contribution is -2.07. The fourth-order valence-corrected chi connectivity index (χ4v) is 2.30. The van der Waals surface area contributed by atoms with Crippen molar-refractivity contribution in [3.8, 4) is 0 Å². The van der Waals surface area contributed by atoms with Gasteiger partial charge in [0.25, 0.3) is 5.56 Å². The Hall–Kier alpha value is -1.26. The summed E-state index contributed by atoms with van der Waals surface area (Å²) in [6.07, 6.45) is 1.36. The first-order valence-electron chi connectivity index (χ1n) is 4.67. The van der Waals surface area contributed by atoms with Crippen LogP contribution in [-0.4, -0.2) is 9.97 Å². The van der Waals surface area contributed by atoms with Gasteiger partial charge in [0.15, 0.2) is 0 Å². The molecule has 0 amide bonds. The number of nitrogens with one attached hydrogen (secondary N) is 1. The molecule has 5 heteroatoms. The van der Waals surface area contributed by atoms with Crippen molar-refractivity contribution in [2.75, 3.05) is 0 Å². The number of nitrogens with zero attached hydrogens (tertiary/aromatic N) is 1. The molecule has 16 heavy (non-hydrogen) atoms. The highest BCUT2D eigenvalue weighted by molar-refractivity contribution is 7.98. The van der Waals surface area contributed by atoms with E-state index in [4.69, 9.17) is 11.6 Å². The Balaban J connectivity index is 2.11. The van der Waals surface area contributed by atoms with Gasteiger partial charge in [-0.1, -0.05) is 53.7 Å². The van der Waals surface area contributed by atoms with Crippen molar-refractivity contribution < 1.29 is 0 Å². The molecule has 0 saturated carbocycles. The number of aromatic amines is 1. The van der Waals surface area contributed by atoms with Crippen LogP contribution >= 0.6 is 23.4 Å². The largest absolute Gasteiger partial charge is 0.312 e. The van der Waals surface area contributed by atoms with Crippen molar-refractivity contribution in [3.05, 3.63) is 57.6 Å². The average Bonchev–Trinajstić information content (AvgIpc) is 2.32. The van der Waals surface area contributed by atoms with Gasteiger partial charge in [0, 0.05) is 5.75 Å². The molecule has 3 nitrogen and oxygen atoms in total. The number of rotatable bonds is 3. The number of benzene rings is 1. The van der Waals surface area contributed by atoms with E-state index in [1.54, 1.807) is 0 Å². The fraction of sp³-hybridized carbons (Fsp3) is 0.0909. The van der Waals surface area contributed by atoms with Crippen LogP contribution < -0.4 is 5.56 Å². The lowest BCUT2D eigenvalue weighted by molar-refractivity contribution is 1.01. The summed E-state index contributed by atoms with van der Waals surface area (Å²) in [5.41, 5.74) is 0.873. The van der Waals surface area contributed by atoms with Crippen molar-refractivity contribution in [1.29, 1.82) is 0 Å². The highest BCUT2D eigenvalue weighted by Gasteiger charge is 2.06. The normalized spacial score (nSPS) is 10.3. The van der Waals surface area contributed by atoms with E-state index >= 15 is 0 Å². The third-order valence-electron chi connectivity index (χ3n) is 1.98. The fourth-order valence-electron chi connectivity index (χ4n) is 1.19. The molecular weight excluding hydrogens is 244 g/mol. The molecule has 0 atom stereocenters. The number of hydrogen-bond donors (Lipinski definition) is 1. The summed E-state index contributed by atoms with van der Waals surface area (Å²) in [6.45, 7) is 0. The minimum absolute atomic E-state index is 0.156. The smallest absolute Gasteiger partial charge is 0.270 e. The first-order valence-corrected chi connectivity index (χ1v) is 6.03. The lowest BCUT2D eigenvalue weighted by Gasteiger charge is -2.01. The Bertz CT molecular complexity index is 527. The molecule has 2 rings (SSSR count). The maximum absolute atomic E-state index is 11.2. The van der Waals surface area contributed by atoms with Crippen molar-refractivity contribution in [3.63, 3.8) is 0 Å². The number of H-pyrrole nitrogens is 1. The summed E-state index contributed by atoms with van der Waals surface area (Å²) in [5, 5.41) is 0.720. The van der Waals surface area contributed by atoms with Crippen LogP contribution in [0, 0.1) is 0 Å². The second-order valence-electron chi connectivity index (χ2n) is 3.13. The van der Waals surface area contributed by atoms with E-state index in [1.807, 2.05) is 30.3 Å². The summed E-state index contributed by atoms with van der Waals surface area (Å²) in [6, 6.07) is 9.96. The lowest BCUT2D eigenvalue weighted by atomic mass is 10.2. The Kier molecular flexibility index (Phi) is 3.64. The molecule has 2 aromatic rings. The maximum Gasteiger partial charge on any atom is 0.270 e. The molecule has 0 aliphatic heterocycles. The third-order valence-corrected chi connectivity index (χ3v) is 3.51. The van der Waals surface area contributed by atoms with Crippen molar-refractivity contribution in [2.45, 2.75) is 10.8 Å². The van der Waals surface area contributed by atoms with Crippen LogP contribution in [0.2, 0.25) is 5.02 Å². The molecule has 0 aliphatic rings.